The summed E-state index contributed by atoms with van der Waals surface area (Å²) in [4.78, 5) is 38.2. The Bertz CT molecular complexity index is 885. The lowest BCUT2D eigenvalue weighted by Gasteiger charge is -2.16. The van der Waals surface area contributed by atoms with Crippen molar-refractivity contribution < 1.29 is 19.1 Å². The molecule has 1 atom stereocenters. The maximum absolute atomic E-state index is 12.5. The third-order valence-electron chi connectivity index (χ3n) is 4.51. The number of ether oxygens (including phenoxy) is 1. The Kier molecular flexibility index (Phi) is 6.43. The van der Waals surface area contributed by atoms with Gasteiger partial charge in [0.25, 0.3) is 5.91 Å². The molecule has 1 fully saturated rings. The average Bonchev–Trinajstić information content (AvgIpc) is 2.98. The summed E-state index contributed by atoms with van der Waals surface area (Å²) in [5.74, 6) is -0.233. The molecule has 0 radical (unpaired) electrons. The van der Waals surface area contributed by atoms with Gasteiger partial charge >= 0.3 is 0 Å². The third kappa shape index (κ3) is 4.58. The second-order valence-corrected chi connectivity index (χ2v) is 7.17. The zero-order valence-electron chi connectivity index (χ0n) is 15.3. The summed E-state index contributed by atoms with van der Waals surface area (Å²) in [5, 5.41) is 0. The number of carbonyl (C=O) groups is 3. The number of hydrogen-bond donors (Lipinski definition) is 2. The number of likely N-dealkylation sites (tertiary alicyclic amines) is 1. The number of methoxy groups -OCH3 is 1. The Morgan fingerprint density at radius 1 is 1.18 bits per heavy atom. The predicted molar refractivity (Wildman–Crippen MR) is 107 cm³/mol. The van der Waals surface area contributed by atoms with Crippen LogP contribution >= 0.6 is 15.9 Å². The van der Waals surface area contributed by atoms with Crippen molar-refractivity contribution in [1.82, 2.24) is 15.8 Å². The van der Waals surface area contributed by atoms with E-state index in [0.29, 0.717) is 23.0 Å². The van der Waals surface area contributed by atoms with Crippen LogP contribution in [0.15, 0.2) is 53.0 Å². The second kappa shape index (κ2) is 8.99. The number of hydrazine groups is 1. The Morgan fingerprint density at radius 2 is 1.89 bits per heavy atom. The number of rotatable bonds is 7. The molecule has 0 aliphatic carbocycles. The molecule has 0 bridgehead atoms. The standard InChI is InChI=1S/C20H20BrN3O4/c1-28-14-8-6-13(7-9-14)10-11-24-18(25)12-17(20(24)27)22-23-19(26)15-4-2-3-5-16(15)21/h2-9,17,22H,10-12H2,1H3,(H,23,26)/t17-/m1/s1. The van der Waals surface area contributed by atoms with Crippen LogP contribution in [0.5, 0.6) is 5.75 Å². The fourth-order valence-electron chi connectivity index (χ4n) is 2.93. The van der Waals surface area contributed by atoms with Gasteiger partial charge in [0.05, 0.1) is 19.1 Å². The highest BCUT2D eigenvalue weighted by Crippen LogP contribution is 2.17. The number of carbonyl (C=O) groups excluding carboxylic acids is 3. The van der Waals surface area contributed by atoms with E-state index in [9.17, 15) is 14.4 Å². The van der Waals surface area contributed by atoms with Crippen molar-refractivity contribution >= 4 is 33.7 Å². The molecular formula is C20H20BrN3O4. The fraction of sp³-hybridized carbons (Fsp3) is 0.250. The highest BCUT2D eigenvalue weighted by atomic mass is 79.9. The van der Waals surface area contributed by atoms with Gasteiger partial charge in [0.1, 0.15) is 11.8 Å². The molecule has 3 rings (SSSR count). The van der Waals surface area contributed by atoms with E-state index >= 15 is 0 Å². The summed E-state index contributed by atoms with van der Waals surface area (Å²) in [6.45, 7) is 0.292. The van der Waals surface area contributed by atoms with E-state index in [0.717, 1.165) is 11.3 Å². The summed E-state index contributed by atoms with van der Waals surface area (Å²) >= 11 is 3.31. The second-order valence-electron chi connectivity index (χ2n) is 6.32. The molecule has 0 aromatic heterocycles. The van der Waals surface area contributed by atoms with E-state index < -0.39 is 6.04 Å². The first-order valence-electron chi connectivity index (χ1n) is 8.77. The van der Waals surface area contributed by atoms with E-state index in [1.165, 1.54) is 4.90 Å². The number of nitrogens with zero attached hydrogens (tertiary/aromatic N) is 1. The van der Waals surface area contributed by atoms with Gasteiger partial charge in [-0.2, -0.15) is 0 Å². The minimum absolute atomic E-state index is 0.0116. The topological polar surface area (TPSA) is 87.7 Å². The van der Waals surface area contributed by atoms with Gasteiger partial charge in [-0.1, -0.05) is 24.3 Å². The van der Waals surface area contributed by atoms with Gasteiger partial charge in [-0.05, 0) is 52.2 Å². The molecule has 1 aliphatic rings. The van der Waals surface area contributed by atoms with E-state index in [1.807, 2.05) is 24.3 Å². The van der Waals surface area contributed by atoms with Gasteiger partial charge in [-0.3, -0.25) is 24.7 Å². The zero-order valence-corrected chi connectivity index (χ0v) is 16.9. The van der Waals surface area contributed by atoms with Crippen molar-refractivity contribution in [1.29, 1.82) is 0 Å². The Morgan fingerprint density at radius 3 is 2.57 bits per heavy atom. The van der Waals surface area contributed by atoms with Crippen LogP contribution in [-0.2, 0) is 16.0 Å². The summed E-state index contributed by atoms with van der Waals surface area (Å²) in [6, 6.07) is 13.7. The van der Waals surface area contributed by atoms with Gasteiger partial charge in [-0.15, -0.1) is 0 Å². The predicted octanol–water partition coefficient (Wildman–Crippen LogP) is 2.06. The van der Waals surface area contributed by atoms with E-state index in [2.05, 4.69) is 26.8 Å². The van der Waals surface area contributed by atoms with E-state index in [4.69, 9.17) is 4.74 Å². The number of imide groups is 1. The Labute approximate surface area is 171 Å². The number of hydrogen-bond acceptors (Lipinski definition) is 5. The van der Waals surface area contributed by atoms with Crippen molar-refractivity contribution in [3.63, 3.8) is 0 Å². The summed E-state index contributed by atoms with van der Waals surface area (Å²) < 4.78 is 5.76. The van der Waals surface area contributed by atoms with Crippen molar-refractivity contribution in [2.45, 2.75) is 18.9 Å². The van der Waals surface area contributed by atoms with Crippen LogP contribution < -0.4 is 15.6 Å². The highest BCUT2D eigenvalue weighted by molar-refractivity contribution is 9.10. The third-order valence-corrected chi connectivity index (χ3v) is 5.20. The molecule has 28 heavy (non-hydrogen) atoms. The Hall–Kier alpha value is -2.71. The van der Waals surface area contributed by atoms with Gasteiger partial charge in [0.15, 0.2) is 0 Å². The molecule has 1 saturated heterocycles. The quantitative estimate of drug-likeness (QED) is 0.502. The van der Waals surface area contributed by atoms with Gasteiger partial charge < -0.3 is 4.74 Å². The lowest BCUT2D eigenvalue weighted by molar-refractivity contribution is -0.138. The average molecular weight is 446 g/mol. The van der Waals surface area contributed by atoms with Gasteiger partial charge in [0.2, 0.25) is 11.8 Å². The molecule has 7 nitrogen and oxygen atoms in total. The molecule has 8 heteroatoms. The first-order chi connectivity index (χ1) is 13.5. The van der Waals surface area contributed by atoms with Gasteiger partial charge in [0, 0.05) is 11.0 Å². The monoisotopic (exact) mass is 445 g/mol. The van der Waals surface area contributed by atoms with Crippen molar-refractivity contribution in [2.75, 3.05) is 13.7 Å². The molecule has 1 heterocycles. The van der Waals surface area contributed by atoms with Crippen LogP contribution in [-0.4, -0.2) is 42.3 Å². The summed E-state index contributed by atoms with van der Waals surface area (Å²) in [6.07, 6.45) is 0.565. The molecule has 1 aliphatic heterocycles. The van der Waals surface area contributed by atoms with Crippen LogP contribution in [0.3, 0.4) is 0 Å². The molecule has 2 N–H and O–H groups in total. The fourth-order valence-corrected chi connectivity index (χ4v) is 3.39. The molecule has 2 aromatic carbocycles. The molecule has 0 saturated carbocycles. The van der Waals surface area contributed by atoms with E-state index in [1.54, 1.807) is 31.4 Å². The van der Waals surface area contributed by atoms with E-state index in [-0.39, 0.29) is 24.1 Å². The van der Waals surface area contributed by atoms with Gasteiger partial charge in [-0.25, -0.2) is 5.43 Å². The smallest absolute Gasteiger partial charge is 0.266 e. The minimum Gasteiger partial charge on any atom is -0.497 e. The van der Waals surface area contributed by atoms with Crippen molar-refractivity contribution in [3.05, 3.63) is 64.1 Å². The van der Waals surface area contributed by atoms with Crippen LogP contribution in [0.1, 0.15) is 22.3 Å². The number of amides is 3. The SMILES string of the molecule is COc1ccc(CCN2C(=O)C[C@@H](NNC(=O)c3ccccc3Br)C2=O)cc1. The minimum atomic E-state index is -0.769. The summed E-state index contributed by atoms with van der Waals surface area (Å²) in [7, 11) is 1.60. The van der Waals surface area contributed by atoms with Crippen molar-refractivity contribution in [2.24, 2.45) is 0 Å². The van der Waals surface area contributed by atoms with Crippen LogP contribution in [0.4, 0.5) is 0 Å². The lowest BCUT2D eigenvalue weighted by atomic mass is 10.1. The largest absolute Gasteiger partial charge is 0.497 e. The molecule has 2 aromatic rings. The first kappa shape index (κ1) is 20.0. The maximum Gasteiger partial charge on any atom is 0.266 e. The van der Waals surface area contributed by atoms with Crippen LogP contribution in [0.2, 0.25) is 0 Å². The molecule has 0 unspecified atom stereocenters. The zero-order chi connectivity index (χ0) is 20.1. The normalized spacial score (nSPS) is 16.4. The first-order valence-corrected chi connectivity index (χ1v) is 9.56. The molecule has 0 spiro atoms. The highest BCUT2D eigenvalue weighted by Gasteiger charge is 2.38. The van der Waals surface area contributed by atoms with Crippen LogP contribution in [0, 0.1) is 0 Å². The molecule has 3 amide bonds. The maximum atomic E-state index is 12.5. The number of halogens is 1. The lowest BCUT2D eigenvalue weighted by Crippen LogP contribution is -2.48. The molecule has 146 valence electrons. The van der Waals surface area contributed by atoms with Crippen molar-refractivity contribution in [3.8, 4) is 5.75 Å². The Balaban J connectivity index is 1.54. The number of benzene rings is 2. The van der Waals surface area contributed by atoms with Crippen LogP contribution in [0.25, 0.3) is 0 Å². The summed E-state index contributed by atoms with van der Waals surface area (Å²) in [5.41, 5.74) is 6.62. The number of nitrogens with one attached hydrogen (secondary N) is 2. The molecular weight excluding hydrogens is 426 g/mol.